The lowest BCUT2D eigenvalue weighted by molar-refractivity contribution is -0.138. The fourth-order valence-corrected chi connectivity index (χ4v) is 4.67. The second kappa shape index (κ2) is 10.6. The van der Waals surface area contributed by atoms with Gasteiger partial charge in [-0.2, -0.15) is 18.3 Å². The minimum absolute atomic E-state index is 0.0444. The summed E-state index contributed by atoms with van der Waals surface area (Å²) < 4.78 is 43.2. The summed E-state index contributed by atoms with van der Waals surface area (Å²) in [5.41, 5.74) is 1.88. The maximum atomic E-state index is 13.9. The maximum Gasteiger partial charge on any atom is 0.416 e. The van der Waals surface area contributed by atoms with Gasteiger partial charge in [0.15, 0.2) is 5.82 Å². The number of likely N-dealkylation sites (N-methyl/N-ethyl adjacent to an activating group) is 1. The van der Waals surface area contributed by atoms with Crippen molar-refractivity contribution in [3.05, 3.63) is 65.6 Å². The van der Waals surface area contributed by atoms with E-state index in [9.17, 15) is 18.0 Å². The van der Waals surface area contributed by atoms with Crippen LogP contribution in [0.1, 0.15) is 17.0 Å². The Labute approximate surface area is 223 Å². The van der Waals surface area contributed by atoms with Crippen molar-refractivity contribution in [2.45, 2.75) is 19.6 Å². The molecule has 2 aromatic heterocycles. The second-order valence-corrected chi connectivity index (χ2v) is 9.76. The quantitative estimate of drug-likeness (QED) is 0.381. The highest BCUT2D eigenvalue weighted by Crippen LogP contribution is 2.35. The Balaban J connectivity index is 1.29. The number of nitrogens with one attached hydrogen (secondary N) is 2. The molecule has 1 aliphatic rings. The van der Waals surface area contributed by atoms with Gasteiger partial charge in [0, 0.05) is 68.7 Å². The van der Waals surface area contributed by atoms with Gasteiger partial charge in [0.25, 0.3) is 0 Å². The number of benzene rings is 2. The topological polar surface area (TPSA) is 91.2 Å². The van der Waals surface area contributed by atoms with E-state index in [4.69, 9.17) is 0 Å². The van der Waals surface area contributed by atoms with Gasteiger partial charge in [0.1, 0.15) is 5.82 Å². The number of aryl methyl sites for hydroxylation is 2. The Morgan fingerprint density at radius 1 is 1.00 bits per heavy atom. The fourth-order valence-electron chi connectivity index (χ4n) is 4.67. The first-order chi connectivity index (χ1) is 18.5. The van der Waals surface area contributed by atoms with Gasteiger partial charge in [-0.05, 0) is 43.8 Å². The number of carbonyl (C=O) groups is 1. The molecule has 0 saturated carbocycles. The molecule has 4 aromatic rings. The molecular weight excluding hydrogens is 509 g/mol. The number of piperazine rings is 1. The second-order valence-electron chi connectivity index (χ2n) is 9.76. The van der Waals surface area contributed by atoms with Crippen molar-refractivity contribution >= 4 is 28.4 Å². The van der Waals surface area contributed by atoms with Crippen LogP contribution in [0.5, 0.6) is 0 Å². The van der Waals surface area contributed by atoms with Crippen LogP contribution in [-0.2, 0) is 19.8 Å². The van der Waals surface area contributed by atoms with Gasteiger partial charge in [0.2, 0.25) is 0 Å². The zero-order valence-electron chi connectivity index (χ0n) is 21.9. The predicted octanol–water partition coefficient (Wildman–Crippen LogP) is 4.75. The van der Waals surface area contributed by atoms with Crippen LogP contribution in [0.3, 0.4) is 0 Å². The Morgan fingerprint density at radius 3 is 2.51 bits per heavy atom. The number of aromatic nitrogens is 4. The maximum absolute atomic E-state index is 13.9. The summed E-state index contributed by atoms with van der Waals surface area (Å²) in [6.45, 7) is 5.05. The van der Waals surface area contributed by atoms with Crippen LogP contribution >= 0.6 is 0 Å². The highest BCUT2D eigenvalue weighted by molar-refractivity contribution is 5.99. The van der Waals surface area contributed by atoms with Crippen LogP contribution in [0.4, 0.5) is 29.5 Å². The molecule has 2 N–H and O–H groups in total. The number of anilines is 2. The molecule has 3 heterocycles. The van der Waals surface area contributed by atoms with E-state index in [1.165, 1.54) is 12.1 Å². The minimum atomic E-state index is -4.55. The van der Waals surface area contributed by atoms with Crippen molar-refractivity contribution in [2.75, 3.05) is 43.9 Å². The Kier molecular flexibility index (Phi) is 7.23. The number of halogens is 3. The largest absolute Gasteiger partial charge is 0.416 e. The lowest BCUT2D eigenvalue weighted by Gasteiger charge is -2.33. The van der Waals surface area contributed by atoms with Crippen LogP contribution in [0.25, 0.3) is 22.2 Å². The number of rotatable bonds is 5. The molecule has 0 unspecified atom stereocenters. The monoisotopic (exact) mass is 538 g/mol. The van der Waals surface area contributed by atoms with E-state index in [0.29, 0.717) is 18.9 Å². The molecule has 1 saturated heterocycles. The molecule has 9 nitrogen and oxygen atoms in total. The van der Waals surface area contributed by atoms with Crippen molar-refractivity contribution in [3.8, 4) is 11.3 Å². The molecule has 1 fully saturated rings. The van der Waals surface area contributed by atoms with E-state index in [1.807, 2.05) is 37.1 Å². The van der Waals surface area contributed by atoms with E-state index < -0.39 is 17.8 Å². The van der Waals surface area contributed by atoms with Crippen LogP contribution in [-0.4, -0.2) is 68.8 Å². The average Bonchev–Trinajstić information content (AvgIpc) is 3.24. The molecule has 0 radical (unpaired) electrons. The predicted molar refractivity (Wildman–Crippen MR) is 143 cm³/mol. The number of amides is 2. The lowest BCUT2D eigenvalue weighted by Crippen LogP contribution is -2.44. The molecule has 0 spiro atoms. The third-order valence-corrected chi connectivity index (χ3v) is 6.78. The first-order valence-corrected chi connectivity index (χ1v) is 12.5. The molecule has 0 bridgehead atoms. The molecule has 12 heteroatoms. The number of alkyl halides is 3. The standard InChI is InChI=1S/C27H29F3N8O/c1-17-31-15-20-12-18(5-7-23(20)32-17)24-14-25(35-37(24)3)34-26(39)33-21-6-4-19(22(13-21)27(28,29)30)16-38-10-8-36(2)9-11-38/h4-7,12-15H,8-11,16H2,1-3H3,(H2,33,34,35,39). The first-order valence-electron chi connectivity index (χ1n) is 12.5. The lowest BCUT2D eigenvalue weighted by atomic mass is 10.0. The SMILES string of the molecule is Cc1ncc2cc(-c3cc(NC(=O)Nc4ccc(CN5CCN(C)CC5)c(C(F)(F)F)c4)nn3C)ccc2n1. The molecule has 2 aromatic carbocycles. The number of urea groups is 1. The van der Waals surface area contributed by atoms with Gasteiger partial charge >= 0.3 is 12.2 Å². The number of fused-ring (bicyclic) bond motifs is 1. The summed E-state index contributed by atoms with van der Waals surface area (Å²) in [6.07, 6.45) is -2.80. The first kappa shape index (κ1) is 26.6. The molecule has 5 rings (SSSR count). The number of hydrogen-bond acceptors (Lipinski definition) is 6. The van der Waals surface area contributed by atoms with Gasteiger partial charge < -0.3 is 10.2 Å². The average molecular weight is 539 g/mol. The third kappa shape index (κ3) is 6.18. The third-order valence-electron chi connectivity index (χ3n) is 6.78. The highest BCUT2D eigenvalue weighted by Gasteiger charge is 2.34. The van der Waals surface area contributed by atoms with Crippen molar-refractivity contribution in [1.29, 1.82) is 0 Å². The zero-order chi connectivity index (χ0) is 27.7. The van der Waals surface area contributed by atoms with Crippen LogP contribution < -0.4 is 10.6 Å². The molecule has 0 atom stereocenters. The molecule has 0 aliphatic carbocycles. The van der Waals surface area contributed by atoms with Crippen molar-refractivity contribution in [3.63, 3.8) is 0 Å². The minimum Gasteiger partial charge on any atom is -0.308 e. The molecule has 204 valence electrons. The van der Waals surface area contributed by atoms with Gasteiger partial charge in [-0.15, -0.1) is 0 Å². The number of hydrogen-bond donors (Lipinski definition) is 2. The summed E-state index contributed by atoms with van der Waals surface area (Å²) >= 11 is 0. The van der Waals surface area contributed by atoms with E-state index in [-0.39, 0.29) is 23.6 Å². The summed E-state index contributed by atoms with van der Waals surface area (Å²) in [5.74, 6) is 0.938. The normalized spacial score (nSPS) is 15.0. The Morgan fingerprint density at radius 2 is 1.77 bits per heavy atom. The zero-order valence-corrected chi connectivity index (χ0v) is 21.9. The summed E-state index contributed by atoms with van der Waals surface area (Å²) in [7, 11) is 3.73. The van der Waals surface area contributed by atoms with Crippen LogP contribution in [0, 0.1) is 6.92 Å². The van der Waals surface area contributed by atoms with Gasteiger partial charge in [-0.1, -0.05) is 12.1 Å². The van der Waals surface area contributed by atoms with E-state index >= 15 is 0 Å². The van der Waals surface area contributed by atoms with Crippen LogP contribution in [0.2, 0.25) is 0 Å². The fraction of sp³-hybridized carbons (Fsp3) is 0.333. The summed E-state index contributed by atoms with van der Waals surface area (Å²) in [5, 5.41) is 10.3. The smallest absolute Gasteiger partial charge is 0.308 e. The molecule has 39 heavy (non-hydrogen) atoms. The summed E-state index contributed by atoms with van der Waals surface area (Å²) in [6, 6.07) is 10.6. The molecule has 1 aliphatic heterocycles. The van der Waals surface area contributed by atoms with E-state index in [0.717, 1.165) is 41.3 Å². The van der Waals surface area contributed by atoms with Gasteiger partial charge in [-0.3, -0.25) is 14.9 Å². The highest BCUT2D eigenvalue weighted by atomic mass is 19.4. The molecule has 2 amide bonds. The number of carbonyl (C=O) groups excluding carboxylic acids is 1. The van der Waals surface area contributed by atoms with Gasteiger partial charge in [-0.25, -0.2) is 14.8 Å². The molecular formula is C27H29F3N8O. The Hall–Kier alpha value is -4.03. The Bertz CT molecular complexity index is 1510. The van der Waals surface area contributed by atoms with Crippen LogP contribution in [0.15, 0.2) is 48.7 Å². The number of nitrogens with zero attached hydrogens (tertiary/aromatic N) is 6. The van der Waals surface area contributed by atoms with Crippen molar-refractivity contribution < 1.29 is 18.0 Å². The van der Waals surface area contributed by atoms with E-state index in [2.05, 4.69) is 30.6 Å². The van der Waals surface area contributed by atoms with Gasteiger partial charge in [0.05, 0.1) is 16.8 Å². The van der Waals surface area contributed by atoms with E-state index in [1.54, 1.807) is 24.0 Å². The van der Waals surface area contributed by atoms with Crippen molar-refractivity contribution in [2.24, 2.45) is 7.05 Å². The van der Waals surface area contributed by atoms with Crippen molar-refractivity contribution in [1.82, 2.24) is 29.5 Å². The summed E-state index contributed by atoms with van der Waals surface area (Å²) in [4.78, 5) is 25.4.